The van der Waals surface area contributed by atoms with Crippen molar-refractivity contribution in [1.82, 2.24) is 15.1 Å². The Morgan fingerprint density at radius 1 is 1.11 bits per heavy atom. The van der Waals surface area contributed by atoms with Gasteiger partial charge in [0.1, 0.15) is 0 Å². The maximum atomic E-state index is 11.9. The van der Waals surface area contributed by atoms with E-state index in [1.165, 1.54) is 37.9 Å². The molecule has 1 aromatic rings. The Balaban J connectivity index is 1.62. The summed E-state index contributed by atoms with van der Waals surface area (Å²) in [6.45, 7) is 6.37. The number of halogens is 1. The summed E-state index contributed by atoms with van der Waals surface area (Å²) in [5.41, 5.74) is 1.42. The number of piperidine rings is 1. The van der Waals surface area contributed by atoms with Gasteiger partial charge in [0.15, 0.2) is 0 Å². The molecule has 0 unspecified atom stereocenters. The van der Waals surface area contributed by atoms with Crippen LogP contribution in [-0.4, -0.2) is 73.0 Å². The Morgan fingerprint density at radius 3 is 2.46 bits per heavy atom. The van der Waals surface area contributed by atoms with E-state index in [0.29, 0.717) is 24.8 Å². The molecule has 0 saturated carbocycles. The smallest absolute Gasteiger partial charge is 0.234 e. The van der Waals surface area contributed by atoms with Gasteiger partial charge >= 0.3 is 0 Å². The first-order chi connectivity index (χ1) is 13.6. The molecule has 1 amide bonds. The Labute approximate surface area is 186 Å². The lowest BCUT2D eigenvalue weighted by atomic mass is 9.89. The first kappa shape index (κ1) is 23.9. The number of benzene rings is 1. The van der Waals surface area contributed by atoms with Crippen molar-refractivity contribution in [3.05, 3.63) is 34.9 Å². The molecule has 0 aromatic heterocycles. The average Bonchev–Trinajstić information content (AvgIpc) is 2.71. The lowest BCUT2D eigenvalue weighted by Gasteiger charge is -2.32. The topological polar surface area (TPSA) is 35.6 Å². The number of carbonyl (C=O) groups is 1. The van der Waals surface area contributed by atoms with Gasteiger partial charge in [-0.25, -0.2) is 0 Å². The zero-order valence-electron chi connectivity index (χ0n) is 16.7. The van der Waals surface area contributed by atoms with Gasteiger partial charge < -0.3 is 10.2 Å². The van der Waals surface area contributed by atoms with E-state index < -0.39 is 0 Å². The highest BCUT2D eigenvalue weighted by Crippen LogP contribution is 2.28. The quantitative estimate of drug-likeness (QED) is 0.341. The molecule has 1 N–H and O–H groups in total. The molecule has 1 heterocycles. The van der Waals surface area contributed by atoms with Crippen LogP contribution in [0.1, 0.15) is 37.2 Å². The number of hydrogen-bond acceptors (Lipinski definition) is 5. The molecule has 1 fully saturated rings. The number of unbranched alkanes of at least 4 members (excludes halogenated alkanes) is 1. The third-order valence-corrected chi connectivity index (χ3v) is 6.02. The van der Waals surface area contributed by atoms with E-state index >= 15 is 0 Å². The Morgan fingerprint density at radius 2 is 1.82 bits per heavy atom. The van der Waals surface area contributed by atoms with Crippen molar-refractivity contribution in [2.24, 2.45) is 0 Å². The number of hydrogen-bond donors (Lipinski definition) is 3. The molecular weight excluding hydrogens is 410 g/mol. The van der Waals surface area contributed by atoms with Crippen LogP contribution in [0.5, 0.6) is 0 Å². The van der Waals surface area contributed by atoms with Crippen LogP contribution in [0.25, 0.3) is 0 Å². The molecule has 28 heavy (non-hydrogen) atoms. The second kappa shape index (κ2) is 13.8. The van der Waals surface area contributed by atoms with Crippen molar-refractivity contribution in [1.29, 1.82) is 0 Å². The number of nitrogens with zero attached hydrogens (tertiary/aromatic N) is 2. The summed E-state index contributed by atoms with van der Waals surface area (Å²) in [5.74, 6) is 2.20. The van der Waals surface area contributed by atoms with E-state index in [4.69, 9.17) is 11.6 Å². The molecule has 2 rings (SSSR count). The summed E-state index contributed by atoms with van der Waals surface area (Å²) in [4.78, 5) is 16.7. The number of amides is 1. The van der Waals surface area contributed by atoms with Crippen molar-refractivity contribution in [3.63, 3.8) is 0 Å². The Bertz CT molecular complexity index is 565. The predicted molar refractivity (Wildman–Crippen MR) is 126 cm³/mol. The first-order valence-corrected chi connectivity index (χ1v) is 11.9. The average molecular weight is 444 g/mol. The molecule has 1 aliphatic heterocycles. The van der Waals surface area contributed by atoms with Crippen LogP contribution in [0.2, 0.25) is 5.02 Å². The summed E-state index contributed by atoms with van der Waals surface area (Å²) in [6, 6.07) is 8.34. The van der Waals surface area contributed by atoms with Crippen LogP contribution in [0, 0.1) is 0 Å². The molecule has 0 spiro atoms. The largest absolute Gasteiger partial charge is 0.354 e. The standard InChI is InChI=1S/C21H34ClN3OS2/c22-20-5-3-18(4-6-20)19-7-12-24(13-8-19)10-1-2-11-25(14-16-28)17-21(26)23-9-15-27/h3-6,19,27-28H,1-2,7-17H2,(H,23,26). The number of thiol groups is 2. The first-order valence-electron chi connectivity index (χ1n) is 10.3. The highest BCUT2D eigenvalue weighted by atomic mass is 35.5. The fourth-order valence-electron chi connectivity index (χ4n) is 3.76. The molecule has 0 bridgehead atoms. The third kappa shape index (κ3) is 8.95. The van der Waals surface area contributed by atoms with Gasteiger partial charge in [-0.1, -0.05) is 23.7 Å². The molecule has 158 valence electrons. The van der Waals surface area contributed by atoms with Crippen LogP contribution >= 0.6 is 36.9 Å². The van der Waals surface area contributed by atoms with Gasteiger partial charge in [-0.2, -0.15) is 25.3 Å². The van der Waals surface area contributed by atoms with E-state index in [1.54, 1.807) is 0 Å². The van der Waals surface area contributed by atoms with Crippen LogP contribution in [0.4, 0.5) is 0 Å². The second-order valence-electron chi connectivity index (χ2n) is 7.45. The number of carbonyl (C=O) groups excluding carboxylic acids is 1. The van der Waals surface area contributed by atoms with Gasteiger partial charge in [0.25, 0.3) is 0 Å². The highest BCUT2D eigenvalue weighted by molar-refractivity contribution is 7.80. The van der Waals surface area contributed by atoms with Crippen LogP contribution in [-0.2, 0) is 4.79 Å². The van der Waals surface area contributed by atoms with Crippen molar-refractivity contribution >= 4 is 42.8 Å². The second-order valence-corrected chi connectivity index (χ2v) is 8.78. The number of rotatable bonds is 12. The zero-order chi connectivity index (χ0) is 20.2. The number of nitrogens with one attached hydrogen (secondary N) is 1. The number of likely N-dealkylation sites (tertiary alicyclic amines) is 1. The molecule has 0 aliphatic carbocycles. The maximum absolute atomic E-state index is 11.9. The van der Waals surface area contributed by atoms with E-state index in [1.807, 2.05) is 12.1 Å². The van der Waals surface area contributed by atoms with Gasteiger partial charge in [-0.15, -0.1) is 0 Å². The fraction of sp³-hybridized carbons (Fsp3) is 0.667. The molecular formula is C21H34ClN3OS2. The SMILES string of the molecule is O=C(CN(CCS)CCCCN1CCC(c2ccc(Cl)cc2)CC1)NCCS. The van der Waals surface area contributed by atoms with Crippen LogP contribution in [0.15, 0.2) is 24.3 Å². The van der Waals surface area contributed by atoms with Gasteiger partial charge in [0.2, 0.25) is 5.91 Å². The molecule has 7 heteroatoms. The van der Waals surface area contributed by atoms with Gasteiger partial charge in [0, 0.05) is 29.6 Å². The normalized spacial score (nSPS) is 15.9. The van der Waals surface area contributed by atoms with Gasteiger partial charge in [0.05, 0.1) is 6.54 Å². The minimum atomic E-state index is 0.0834. The summed E-state index contributed by atoms with van der Waals surface area (Å²) >= 11 is 14.4. The zero-order valence-corrected chi connectivity index (χ0v) is 19.2. The fourth-order valence-corrected chi connectivity index (χ4v) is 4.28. The van der Waals surface area contributed by atoms with E-state index in [-0.39, 0.29) is 5.91 Å². The molecule has 0 radical (unpaired) electrons. The van der Waals surface area contributed by atoms with Crippen LogP contribution < -0.4 is 5.32 Å². The summed E-state index contributed by atoms with van der Waals surface area (Å²) in [6.07, 6.45) is 4.73. The maximum Gasteiger partial charge on any atom is 0.234 e. The highest BCUT2D eigenvalue weighted by Gasteiger charge is 2.20. The van der Waals surface area contributed by atoms with E-state index in [2.05, 4.69) is 52.5 Å². The predicted octanol–water partition coefficient (Wildman–Crippen LogP) is 3.58. The lowest BCUT2D eigenvalue weighted by Crippen LogP contribution is -2.39. The molecule has 4 nitrogen and oxygen atoms in total. The summed E-state index contributed by atoms with van der Waals surface area (Å²) in [5, 5.41) is 3.70. The lowest BCUT2D eigenvalue weighted by molar-refractivity contribution is -0.122. The van der Waals surface area contributed by atoms with Gasteiger partial charge in [-0.3, -0.25) is 9.69 Å². The summed E-state index contributed by atoms with van der Waals surface area (Å²) in [7, 11) is 0. The minimum Gasteiger partial charge on any atom is -0.354 e. The molecule has 1 aromatic carbocycles. The van der Waals surface area contributed by atoms with E-state index in [9.17, 15) is 4.79 Å². The Kier molecular flexibility index (Phi) is 11.7. The van der Waals surface area contributed by atoms with Crippen LogP contribution in [0.3, 0.4) is 0 Å². The Hall–Kier alpha value is -0.400. The molecule has 1 saturated heterocycles. The summed E-state index contributed by atoms with van der Waals surface area (Å²) < 4.78 is 0. The van der Waals surface area contributed by atoms with E-state index in [0.717, 1.165) is 36.8 Å². The molecule has 1 aliphatic rings. The monoisotopic (exact) mass is 443 g/mol. The molecule has 0 atom stereocenters. The minimum absolute atomic E-state index is 0.0834. The van der Waals surface area contributed by atoms with Gasteiger partial charge in [-0.05, 0) is 75.5 Å². The third-order valence-electron chi connectivity index (χ3n) is 5.35. The van der Waals surface area contributed by atoms with Crippen molar-refractivity contribution in [3.8, 4) is 0 Å². The van der Waals surface area contributed by atoms with Crippen molar-refractivity contribution in [2.45, 2.75) is 31.6 Å². The van der Waals surface area contributed by atoms with Crippen molar-refractivity contribution < 1.29 is 4.79 Å². The van der Waals surface area contributed by atoms with Crippen molar-refractivity contribution in [2.75, 3.05) is 57.3 Å².